The number of nitro benzene ring substituents is 1. The molecule has 5 rings (SSSR count). The van der Waals surface area contributed by atoms with Crippen molar-refractivity contribution in [3.8, 4) is 11.5 Å². The van der Waals surface area contributed by atoms with Crippen molar-refractivity contribution < 1.29 is 33.4 Å². The number of fused-ring (bicyclic) bond motifs is 1. The van der Waals surface area contributed by atoms with Crippen molar-refractivity contribution in [2.45, 2.75) is 25.3 Å². The predicted molar refractivity (Wildman–Crippen MR) is 164 cm³/mol. The maximum Gasteiger partial charge on any atom is 0.279 e. The number of hydrogen-bond acceptors (Lipinski definition) is 7. The van der Waals surface area contributed by atoms with Crippen molar-refractivity contribution >= 4 is 39.1 Å². The number of nitrogens with zero attached hydrogens (tertiary/aromatic N) is 2. The van der Waals surface area contributed by atoms with E-state index in [-0.39, 0.29) is 47.9 Å². The summed E-state index contributed by atoms with van der Waals surface area (Å²) in [6, 6.07) is 18.7. The standard InChI is InChI=1S/C32H27BrClFN2O7/c1-42-22-8-3-19(4-9-22)17-36-31(38)29-24(13-14-44-18-20-5-10-23(43-2)11-6-20)26(33)16-28(37(40)41)30(29)32(36,39)25-15-21(35)7-12-27(25)34/h3-12,15-16,39H,13-14,17-18H2,1-2H3. The second-order valence-corrected chi connectivity index (χ2v) is 11.3. The molecule has 1 aliphatic heterocycles. The summed E-state index contributed by atoms with van der Waals surface area (Å²) in [5, 5.41) is 24.8. The van der Waals surface area contributed by atoms with Gasteiger partial charge in [-0.1, -0.05) is 51.8 Å². The van der Waals surface area contributed by atoms with Crippen LogP contribution in [0.5, 0.6) is 11.5 Å². The fraction of sp³-hybridized carbons (Fsp3) is 0.219. The molecular formula is C32H27BrClFN2O7. The van der Waals surface area contributed by atoms with E-state index in [4.69, 9.17) is 25.8 Å². The number of halogens is 3. The summed E-state index contributed by atoms with van der Waals surface area (Å²) in [5.74, 6) is -0.143. The third kappa shape index (κ3) is 5.88. The van der Waals surface area contributed by atoms with E-state index in [1.807, 2.05) is 24.3 Å². The first-order valence-corrected chi connectivity index (χ1v) is 14.6. The zero-order chi connectivity index (χ0) is 31.6. The van der Waals surface area contributed by atoms with Crippen LogP contribution < -0.4 is 9.47 Å². The molecule has 0 bridgehead atoms. The van der Waals surface area contributed by atoms with Crippen LogP contribution in [0.2, 0.25) is 5.02 Å². The molecule has 0 fully saturated rings. The maximum absolute atomic E-state index is 14.6. The first-order chi connectivity index (χ1) is 21.1. The van der Waals surface area contributed by atoms with Gasteiger partial charge >= 0.3 is 0 Å². The monoisotopic (exact) mass is 684 g/mol. The molecule has 0 saturated heterocycles. The number of rotatable bonds is 11. The lowest BCUT2D eigenvalue weighted by Crippen LogP contribution is -2.44. The van der Waals surface area contributed by atoms with Crippen molar-refractivity contribution in [3.63, 3.8) is 0 Å². The number of benzene rings is 4. The molecule has 9 nitrogen and oxygen atoms in total. The van der Waals surface area contributed by atoms with Gasteiger partial charge in [0.1, 0.15) is 17.3 Å². The van der Waals surface area contributed by atoms with Crippen molar-refractivity contribution in [2.24, 2.45) is 0 Å². The number of hydrogen-bond donors (Lipinski definition) is 1. The summed E-state index contributed by atoms with van der Waals surface area (Å²) in [5.41, 5.74) is -1.69. The molecule has 1 atom stereocenters. The van der Waals surface area contributed by atoms with Crippen molar-refractivity contribution in [1.82, 2.24) is 4.90 Å². The third-order valence-electron chi connectivity index (χ3n) is 7.48. The Bertz CT molecular complexity index is 1720. The van der Waals surface area contributed by atoms with Crippen LogP contribution in [0.15, 0.2) is 77.3 Å². The molecule has 12 heteroatoms. The molecule has 44 heavy (non-hydrogen) atoms. The van der Waals surface area contributed by atoms with E-state index in [1.165, 1.54) is 19.2 Å². The molecule has 0 aliphatic carbocycles. The SMILES string of the molecule is COc1ccc(COCCc2c(Br)cc([N+](=O)[O-])c3c2C(=O)N(Cc2ccc(OC)cc2)C3(O)c2cc(F)ccc2Cl)cc1. The largest absolute Gasteiger partial charge is 0.497 e. The minimum absolute atomic E-state index is 0.0733. The topological polar surface area (TPSA) is 111 Å². The Hall–Kier alpha value is -4.03. The van der Waals surface area contributed by atoms with E-state index in [0.717, 1.165) is 22.6 Å². The van der Waals surface area contributed by atoms with E-state index >= 15 is 0 Å². The highest BCUT2D eigenvalue weighted by Crippen LogP contribution is 2.51. The Morgan fingerprint density at radius 1 is 1.00 bits per heavy atom. The Labute approximate surface area is 266 Å². The zero-order valence-corrected chi connectivity index (χ0v) is 26.0. The zero-order valence-electron chi connectivity index (χ0n) is 23.7. The first-order valence-electron chi connectivity index (χ1n) is 13.4. The molecule has 4 aromatic rings. The molecule has 0 radical (unpaired) electrons. The number of ether oxygens (including phenoxy) is 3. The highest BCUT2D eigenvalue weighted by Gasteiger charge is 2.56. The minimum Gasteiger partial charge on any atom is -0.497 e. The molecule has 0 saturated carbocycles. The van der Waals surface area contributed by atoms with Gasteiger partial charge in [0.05, 0.1) is 43.5 Å². The number of carbonyl (C=O) groups excluding carboxylic acids is 1. The summed E-state index contributed by atoms with van der Waals surface area (Å²) in [6.45, 7) is 0.250. The quantitative estimate of drug-likeness (QED) is 0.105. The number of nitro groups is 1. The van der Waals surface area contributed by atoms with Gasteiger partial charge in [0.15, 0.2) is 0 Å². The van der Waals surface area contributed by atoms with Crippen molar-refractivity contribution in [2.75, 3.05) is 20.8 Å². The minimum atomic E-state index is -2.48. The van der Waals surface area contributed by atoms with E-state index < -0.39 is 28.1 Å². The van der Waals surface area contributed by atoms with Gasteiger partial charge < -0.3 is 19.3 Å². The summed E-state index contributed by atoms with van der Waals surface area (Å²) in [7, 11) is 3.09. The van der Waals surface area contributed by atoms with Crippen LogP contribution in [0.25, 0.3) is 0 Å². The van der Waals surface area contributed by atoms with Crippen LogP contribution in [0.4, 0.5) is 10.1 Å². The van der Waals surface area contributed by atoms with Gasteiger partial charge in [-0.2, -0.15) is 0 Å². The van der Waals surface area contributed by atoms with Gasteiger partial charge in [0, 0.05) is 27.7 Å². The van der Waals surface area contributed by atoms with E-state index in [2.05, 4.69) is 15.9 Å². The molecule has 1 N–H and O–H groups in total. The normalized spacial score (nSPS) is 15.8. The Balaban J connectivity index is 1.59. The van der Waals surface area contributed by atoms with Crippen LogP contribution >= 0.6 is 27.5 Å². The number of carbonyl (C=O) groups is 1. The smallest absolute Gasteiger partial charge is 0.279 e. The molecule has 1 unspecified atom stereocenters. The predicted octanol–water partition coefficient (Wildman–Crippen LogP) is 6.78. The summed E-state index contributed by atoms with van der Waals surface area (Å²) in [4.78, 5) is 27.1. The van der Waals surface area contributed by atoms with E-state index in [1.54, 1.807) is 31.4 Å². The molecule has 1 heterocycles. The van der Waals surface area contributed by atoms with E-state index in [9.17, 15) is 24.4 Å². The fourth-order valence-corrected chi connectivity index (χ4v) is 6.16. The molecule has 1 aliphatic rings. The van der Waals surface area contributed by atoms with Crippen LogP contribution in [0.1, 0.15) is 38.2 Å². The summed E-state index contributed by atoms with van der Waals surface area (Å²) >= 11 is 9.89. The number of aliphatic hydroxyl groups is 1. The highest BCUT2D eigenvalue weighted by atomic mass is 79.9. The Kier molecular flexibility index (Phi) is 9.21. The summed E-state index contributed by atoms with van der Waals surface area (Å²) in [6.07, 6.45) is 0.173. The molecular weight excluding hydrogens is 659 g/mol. The number of amides is 1. The lowest BCUT2D eigenvalue weighted by Gasteiger charge is -2.35. The lowest BCUT2D eigenvalue weighted by molar-refractivity contribution is -0.386. The molecule has 228 valence electrons. The van der Waals surface area contributed by atoms with Crippen LogP contribution in [0, 0.1) is 15.9 Å². The van der Waals surface area contributed by atoms with Gasteiger partial charge in [-0.15, -0.1) is 0 Å². The van der Waals surface area contributed by atoms with Crippen molar-refractivity contribution in [3.05, 3.63) is 132 Å². The second kappa shape index (κ2) is 12.9. The number of methoxy groups -OCH3 is 2. The van der Waals surface area contributed by atoms with Crippen LogP contribution in [-0.2, 0) is 30.0 Å². The van der Waals surface area contributed by atoms with E-state index in [0.29, 0.717) is 27.1 Å². The fourth-order valence-electron chi connectivity index (χ4n) is 5.30. The van der Waals surface area contributed by atoms with Gasteiger partial charge in [-0.3, -0.25) is 19.8 Å². The lowest BCUT2D eigenvalue weighted by atomic mass is 9.89. The van der Waals surface area contributed by atoms with Crippen LogP contribution in [0.3, 0.4) is 0 Å². The molecule has 1 amide bonds. The third-order valence-corrected chi connectivity index (χ3v) is 8.52. The maximum atomic E-state index is 14.6. The Morgan fingerprint density at radius 3 is 2.20 bits per heavy atom. The van der Waals surface area contributed by atoms with Gasteiger partial charge in [0.25, 0.3) is 11.6 Å². The average Bonchev–Trinajstić information content (AvgIpc) is 3.24. The molecule has 4 aromatic carbocycles. The van der Waals surface area contributed by atoms with Crippen LogP contribution in [-0.4, -0.2) is 41.7 Å². The molecule has 0 aromatic heterocycles. The van der Waals surface area contributed by atoms with Gasteiger partial charge in [0.2, 0.25) is 5.72 Å². The summed E-state index contributed by atoms with van der Waals surface area (Å²) < 4.78 is 31.2. The second-order valence-electron chi connectivity index (χ2n) is 10.0. The first kappa shape index (κ1) is 31.4. The molecule has 0 spiro atoms. The average molecular weight is 686 g/mol. The highest BCUT2D eigenvalue weighted by molar-refractivity contribution is 9.10. The van der Waals surface area contributed by atoms with Gasteiger partial charge in [-0.05, 0) is 65.6 Å². The van der Waals surface area contributed by atoms with Gasteiger partial charge in [-0.25, -0.2) is 4.39 Å². The van der Waals surface area contributed by atoms with Crippen molar-refractivity contribution in [1.29, 1.82) is 0 Å². The Morgan fingerprint density at radius 2 is 1.61 bits per heavy atom.